The Morgan fingerprint density at radius 1 is 0.166 bits per heavy atom. The van der Waals surface area contributed by atoms with Crippen molar-refractivity contribution >= 4 is 119 Å². The normalized spacial score (nSPS) is 12.0. The summed E-state index contributed by atoms with van der Waals surface area (Å²) in [4.78, 5) is 49.1. The van der Waals surface area contributed by atoms with Gasteiger partial charge in [0, 0.05) is 146 Å². The first-order chi connectivity index (χ1) is 70.0. The molecule has 0 aliphatic rings. The van der Waals surface area contributed by atoms with E-state index in [2.05, 4.69) is 328 Å². The van der Waals surface area contributed by atoms with Gasteiger partial charge in [0.2, 0.25) is 0 Å². The van der Waals surface area contributed by atoms with Crippen LogP contribution in [0.1, 0.15) is 133 Å². The molecule has 10 aromatic heterocycles. The van der Waals surface area contributed by atoms with Crippen molar-refractivity contribution in [2.45, 2.75) is 131 Å². The number of fused-ring (bicyclic) bond motifs is 15. The molecule has 15 heteroatoms. The van der Waals surface area contributed by atoms with Crippen molar-refractivity contribution < 1.29 is 17.7 Å². The third-order valence-corrected chi connectivity index (χ3v) is 26.8. The zero-order valence-electron chi connectivity index (χ0n) is 84.0. The fourth-order valence-electron chi connectivity index (χ4n) is 18.0. The van der Waals surface area contributed by atoms with Crippen molar-refractivity contribution in [3.8, 4) is 113 Å². The van der Waals surface area contributed by atoms with Crippen molar-refractivity contribution in [2.24, 2.45) is 0 Å². The molecule has 25 aromatic rings. The van der Waals surface area contributed by atoms with E-state index in [-0.39, 0.29) is 27.1 Å². The molecular weight excluding hydrogens is 1800 g/mol. The van der Waals surface area contributed by atoms with Crippen LogP contribution in [-0.4, -0.2) is 49.8 Å². The quantitative estimate of drug-likeness (QED) is 0.126. The number of thiophene rings is 1. The lowest BCUT2D eigenvalue weighted by atomic mass is 9.94. The summed E-state index contributed by atoms with van der Waals surface area (Å²) in [5.74, 6) is 4.19. The number of hydrogen-bond donors (Lipinski definition) is 0. The van der Waals surface area contributed by atoms with E-state index in [0.717, 1.165) is 229 Å². The monoisotopic (exact) mass is 1910 g/mol. The molecule has 0 saturated heterocycles. The van der Waals surface area contributed by atoms with Crippen LogP contribution in [0.5, 0.6) is 0 Å². The predicted octanol–water partition coefficient (Wildman–Crippen LogP) is 35.5. The first-order valence-corrected chi connectivity index (χ1v) is 50.1. The van der Waals surface area contributed by atoms with E-state index in [4.69, 9.17) is 67.5 Å². The molecule has 0 aliphatic carbocycles. The van der Waals surface area contributed by atoms with Crippen LogP contribution in [0, 0.1) is 0 Å². The van der Waals surface area contributed by atoms with E-state index in [1.807, 2.05) is 181 Å². The molecule has 710 valence electrons. The minimum atomic E-state index is -0.165. The molecule has 0 amide bonds. The minimum absolute atomic E-state index is 0.124. The van der Waals surface area contributed by atoms with Crippen LogP contribution in [-0.2, 0) is 27.1 Å². The Morgan fingerprint density at radius 2 is 0.434 bits per heavy atom. The Balaban J connectivity index is 0.000000107. The molecule has 25 rings (SSSR count). The fourth-order valence-corrected chi connectivity index (χ4v) is 19.2. The maximum atomic E-state index is 6.25. The van der Waals surface area contributed by atoms with Crippen molar-refractivity contribution in [1.29, 1.82) is 0 Å². The van der Waals surface area contributed by atoms with Gasteiger partial charge in [-0.05, 0) is 109 Å². The summed E-state index contributed by atoms with van der Waals surface area (Å²) in [6, 6.07) is 135. The lowest BCUT2D eigenvalue weighted by molar-refractivity contribution is 0.546. The SMILES string of the molecule is CC(C)(C)c1nc(-c2ccccc2)cc(-c2ccc3c(c2)oc2ccccc23)n1.CC(C)(C)c1nc(-c2ccccc2)cc(-c2ccc3c(c2)sc2ccccc23)n1.CC(C)(C)c1nc(-c2ccccc2)cc(-c2ccc3oc4ccccc4c3c2)n1.CC(C)(C)c1nc(-c2ccccc2)cc(-c2cccc3c2oc2ccccc23)n1.CC(C)(C)c1nc(-c2ccccc2)cc(-c2cccc3oc4ccccc4c23)n1. The highest BCUT2D eigenvalue weighted by Crippen LogP contribution is 2.45. The topological polar surface area (TPSA) is 181 Å². The molecule has 145 heavy (non-hydrogen) atoms. The molecule has 10 heterocycles. The molecule has 0 spiro atoms. The number of furan rings is 4. The Morgan fingerprint density at radius 3 is 0.876 bits per heavy atom. The predicted molar refractivity (Wildman–Crippen MR) is 600 cm³/mol. The van der Waals surface area contributed by atoms with E-state index < -0.39 is 0 Å². The molecule has 0 unspecified atom stereocenters. The fraction of sp³-hybridized carbons (Fsp3) is 0.154. The van der Waals surface area contributed by atoms with Gasteiger partial charge in [0.05, 0.1) is 56.9 Å². The van der Waals surface area contributed by atoms with Crippen LogP contribution in [0.4, 0.5) is 0 Å². The Labute approximate surface area is 847 Å². The lowest BCUT2D eigenvalue weighted by Gasteiger charge is -2.19. The van der Waals surface area contributed by atoms with Crippen LogP contribution < -0.4 is 0 Å². The molecule has 14 nitrogen and oxygen atoms in total. The molecule has 0 N–H and O–H groups in total. The average Bonchev–Trinajstić information content (AvgIpc) is 1.63. The van der Waals surface area contributed by atoms with Crippen molar-refractivity contribution in [2.75, 3.05) is 0 Å². The third-order valence-electron chi connectivity index (χ3n) is 25.7. The number of rotatable bonds is 10. The van der Waals surface area contributed by atoms with Crippen molar-refractivity contribution in [1.82, 2.24) is 49.8 Å². The van der Waals surface area contributed by atoms with Crippen LogP contribution in [0.15, 0.2) is 412 Å². The van der Waals surface area contributed by atoms with Crippen LogP contribution in [0.2, 0.25) is 0 Å². The molecular formula is C130H110N10O4S. The largest absolute Gasteiger partial charge is 0.456 e. The standard InChI is InChI=1S/4C26H22N2O.C26H22N2S/c1-26(2,3)25-27-21(17-10-5-4-6-11-17)16-22(28-25)20-14-9-13-19-18-12-7-8-15-23(18)29-24(19)20;1-26(2,3)25-27-20(17-10-5-4-6-11-17)16-21(28-25)18-13-9-15-23-24(18)19-12-7-8-14-22(19)29-23;1-26(2,3)25-27-21(17-9-5-4-6-10-17)16-22(28-25)18-13-14-24-20(15-18)19-11-7-8-12-23(19)29-24;2*1-26(2,3)25-27-21(17-9-5-4-6-10-17)16-22(28-25)18-13-14-20-19-11-7-8-12-23(19)29-24(20)15-18/h5*4-16H,1-3H3. The summed E-state index contributed by atoms with van der Waals surface area (Å²) in [7, 11) is 0. The summed E-state index contributed by atoms with van der Waals surface area (Å²) < 4.78 is 27.0. The molecule has 0 saturated carbocycles. The van der Waals surface area contributed by atoms with Gasteiger partial charge >= 0.3 is 0 Å². The second-order valence-electron chi connectivity index (χ2n) is 41.9. The van der Waals surface area contributed by atoms with Gasteiger partial charge in [0.15, 0.2) is 0 Å². The average molecular weight is 1910 g/mol. The van der Waals surface area contributed by atoms with Gasteiger partial charge in [-0.3, -0.25) is 0 Å². The summed E-state index contributed by atoms with van der Waals surface area (Å²) >= 11 is 1.84. The first kappa shape index (κ1) is 94.4. The van der Waals surface area contributed by atoms with E-state index in [0.29, 0.717) is 0 Å². The highest BCUT2D eigenvalue weighted by atomic mass is 32.1. The van der Waals surface area contributed by atoms with Crippen molar-refractivity contribution in [3.05, 3.63) is 423 Å². The summed E-state index contributed by atoms with van der Waals surface area (Å²) in [5.41, 5.74) is 26.4. The molecule has 15 aromatic carbocycles. The zero-order chi connectivity index (χ0) is 100. The number of para-hydroxylation sites is 5. The number of nitrogens with zero attached hydrogens (tertiary/aromatic N) is 10. The number of hydrogen-bond acceptors (Lipinski definition) is 15. The van der Waals surface area contributed by atoms with Crippen LogP contribution in [0.3, 0.4) is 0 Å². The molecule has 0 radical (unpaired) electrons. The van der Waals surface area contributed by atoms with Gasteiger partial charge in [-0.15, -0.1) is 11.3 Å². The van der Waals surface area contributed by atoms with E-state index in [1.54, 1.807) is 0 Å². The molecule has 0 bridgehead atoms. The Bertz CT molecular complexity index is 8850. The van der Waals surface area contributed by atoms with Gasteiger partial charge in [-0.25, -0.2) is 49.8 Å². The second kappa shape index (κ2) is 38.9. The van der Waals surface area contributed by atoms with Gasteiger partial charge in [0.25, 0.3) is 0 Å². The van der Waals surface area contributed by atoms with Crippen LogP contribution >= 0.6 is 11.3 Å². The molecule has 0 aliphatic heterocycles. The Kier molecular flexibility index (Phi) is 25.3. The number of benzene rings is 15. The van der Waals surface area contributed by atoms with Gasteiger partial charge < -0.3 is 17.7 Å². The summed E-state index contributed by atoms with van der Waals surface area (Å²) in [5, 5.41) is 11.6. The van der Waals surface area contributed by atoms with E-state index in [1.165, 1.54) is 20.2 Å². The van der Waals surface area contributed by atoms with Gasteiger partial charge in [0.1, 0.15) is 73.8 Å². The summed E-state index contributed by atoms with van der Waals surface area (Å²) in [6.07, 6.45) is 0. The first-order valence-electron chi connectivity index (χ1n) is 49.3. The van der Waals surface area contributed by atoms with E-state index >= 15 is 0 Å². The summed E-state index contributed by atoms with van der Waals surface area (Å²) in [6.45, 7) is 32.2. The van der Waals surface area contributed by atoms with Crippen molar-refractivity contribution in [3.63, 3.8) is 0 Å². The Hall–Kier alpha value is -16.9. The second-order valence-corrected chi connectivity index (χ2v) is 43.0. The number of aromatic nitrogens is 10. The van der Waals surface area contributed by atoms with E-state index in [9.17, 15) is 0 Å². The maximum absolute atomic E-state index is 6.25. The van der Waals surface area contributed by atoms with Gasteiger partial charge in [-0.2, -0.15) is 0 Å². The molecule has 0 fully saturated rings. The molecule has 0 atom stereocenters. The lowest BCUT2D eigenvalue weighted by Crippen LogP contribution is -2.17. The zero-order valence-corrected chi connectivity index (χ0v) is 84.9. The highest BCUT2D eigenvalue weighted by Gasteiger charge is 2.29. The highest BCUT2D eigenvalue weighted by molar-refractivity contribution is 7.25. The van der Waals surface area contributed by atoms with Crippen LogP contribution in [0.25, 0.3) is 221 Å². The minimum Gasteiger partial charge on any atom is -0.456 e. The third kappa shape index (κ3) is 20.0. The maximum Gasteiger partial charge on any atom is 0.144 e. The smallest absolute Gasteiger partial charge is 0.144 e. The van der Waals surface area contributed by atoms with Gasteiger partial charge in [-0.1, -0.05) is 389 Å².